The molecule has 0 saturated carbocycles. The molecule has 0 spiro atoms. The quantitative estimate of drug-likeness (QED) is 0.408. The molecule has 1 amide bonds. The average molecular weight is 457 g/mol. The third kappa shape index (κ3) is 3.94. The van der Waals surface area contributed by atoms with Crippen molar-refractivity contribution in [3.05, 3.63) is 70.3 Å². The molecule has 4 rings (SSSR count). The van der Waals surface area contributed by atoms with Gasteiger partial charge in [-0.3, -0.25) is 19.9 Å². The Balaban J connectivity index is 1.49. The lowest BCUT2D eigenvalue weighted by molar-refractivity contribution is -0.384. The number of carbonyl (C=O) groups excluding carboxylic acids is 1. The lowest BCUT2D eigenvalue weighted by atomic mass is 10.2. The molecule has 0 radical (unpaired) electrons. The van der Waals surface area contributed by atoms with E-state index >= 15 is 0 Å². The van der Waals surface area contributed by atoms with Gasteiger partial charge in [0.1, 0.15) is 4.90 Å². The molecule has 32 heavy (non-hydrogen) atoms. The predicted octanol–water partition coefficient (Wildman–Crippen LogP) is 1.03. The van der Waals surface area contributed by atoms with E-state index < -0.39 is 14.9 Å². The zero-order chi connectivity index (χ0) is 22.9. The van der Waals surface area contributed by atoms with E-state index in [1.165, 1.54) is 50.5 Å². The summed E-state index contributed by atoms with van der Waals surface area (Å²) in [7, 11) is -3.68. The molecule has 3 aromatic rings. The summed E-state index contributed by atoms with van der Waals surface area (Å²) in [6.07, 6.45) is 2.79. The third-order valence-electron chi connectivity index (χ3n) is 5.18. The number of aromatic nitrogens is 4. The molecular weight excluding hydrogens is 438 g/mol. The molecule has 0 bridgehead atoms. The maximum Gasteiger partial charge on any atom is 0.276 e. The number of amides is 1. The van der Waals surface area contributed by atoms with Crippen LogP contribution in [0.4, 0.5) is 5.69 Å². The topological polar surface area (TPSA) is 144 Å². The van der Waals surface area contributed by atoms with Gasteiger partial charge in [0.2, 0.25) is 10.0 Å². The highest BCUT2D eigenvalue weighted by Crippen LogP contribution is 2.21. The summed E-state index contributed by atoms with van der Waals surface area (Å²) in [4.78, 5) is 29.0. The molecular formula is C19H19N7O5S. The maximum absolute atomic E-state index is 13.0. The van der Waals surface area contributed by atoms with E-state index in [1.54, 1.807) is 19.1 Å². The maximum atomic E-state index is 13.0. The summed E-state index contributed by atoms with van der Waals surface area (Å²) in [5.74, 6) is -0.377. The van der Waals surface area contributed by atoms with Crippen LogP contribution in [0.1, 0.15) is 16.2 Å². The highest BCUT2D eigenvalue weighted by molar-refractivity contribution is 7.89. The van der Waals surface area contributed by atoms with Crippen LogP contribution in [-0.4, -0.2) is 74.6 Å². The fourth-order valence-electron chi connectivity index (χ4n) is 3.44. The van der Waals surface area contributed by atoms with Gasteiger partial charge in [-0.1, -0.05) is 11.3 Å². The van der Waals surface area contributed by atoms with Gasteiger partial charge in [0.15, 0.2) is 5.69 Å². The van der Waals surface area contributed by atoms with Crippen LogP contribution >= 0.6 is 0 Å². The smallest absolute Gasteiger partial charge is 0.276 e. The largest absolute Gasteiger partial charge is 0.335 e. The molecule has 166 valence electrons. The zero-order valence-electron chi connectivity index (χ0n) is 17.0. The van der Waals surface area contributed by atoms with Gasteiger partial charge in [-0.15, -0.1) is 5.10 Å². The molecule has 1 saturated heterocycles. The molecule has 0 aliphatic carbocycles. The molecule has 1 fully saturated rings. The summed E-state index contributed by atoms with van der Waals surface area (Å²) >= 11 is 0. The number of piperazine rings is 1. The van der Waals surface area contributed by atoms with Crippen molar-refractivity contribution in [2.45, 2.75) is 11.8 Å². The number of sulfonamides is 1. The van der Waals surface area contributed by atoms with E-state index in [9.17, 15) is 23.3 Å². The lowest BCUT2D eigenvalue weighted by Crippen LogP contribution is -2.50. The first-order chi connectivity index (χ1) is 15.3. The molecule has 0 unspecified atom stereocenters. The minimum atomic E-state index is -3.68. The van der Waals surface area contributed by atoms with E-state index in [1.807, 2.05) is 0 Å². The first kappa shape index (κ1) is 21.5. The van der Waals surface area contributed by atoms with Gasteiger partial charge >= 0.3 is 0 Å². The van der Waals surface area contributed by atoms with Crippen LogP contribution in [0.3, 0.4) is 0 Å². The van der Waals surface area contributed by atoms with Gasteiger partial charge in [-0.25, -0.2) is 13.1 Å². The highest BCUT2D eigenvalue weighted by atomic mass is 32.2. The van der Waals surface area contributed by atoms with Gasteiger partial charge in [-0.05, 0) is 25.1 Å². The van der Waals surface area contributed by atoms with Crippen molar-refractivity contribution in [1.29, 1.82) is 0 Å². The molecule has 1 aromatic carbocycles. The van der Waals surface area contributed by atoms with Gasteiger partial charge in [-0.2, -0.15) is 4.31 Å². The van der Waals surface area contributed by atoms with Crippen molar-refractivity contribution >= 4 is 21.6 Å². The summed E-state index contributed by atoms with van der Waals surface area (Å²) in [5, 5.41) is 19.0. The van der Waals surface area contributed by atoms with Crippen molar-refractivity contribution in [2.24, 2.45) is 0 Å². The average Bonchev–Trinajstić information content (AvgIpc) is 3.20. The lowest BCUT2D eigenvalue weighted by Gasteiger charge is -2.33. The van der Waals surface area contributed by atoms with Gasteiger partial charge in [0.05, 0.1) is 16.3 Å². The first-order valence-corrected chi connectivity index (χ1v) is 11.1. The van der Waals surface area contributed by atoms with Crippen molar-refractivity contribution in [2.75, 3.05) is 26.2 Å². The minimum Gasteiger partial charge on any atom is -0.335 e. The molecule has 1 aliphatic rings. The number of rotatable bonds is 5. The fourth-order valence-corrected chi connectivity index (χ4v) is 4.83. The fraction of sp³-hybridized carbons (Fsp3) is 0.263. The van der Waals surface area contributed by atoms with E-state index in [0.717, 1.165) is 0 Å². The predicted molar refractivity (Wildman–Crippen MR) is 112 cm³/mol. The molecule has 2 aromatic heterocycles. The second-order valence-corrected chi connectivity index (χ2v) is 9.04. The van der Waals surface area contributed by atoms with Crippen molar-refractivity contribution in [3.8, 4) is 5.69 Å². The Hall–Kier alpha value is -3.71. The van der Waals surface area contributed by atoms with Crippen LogP contribution in [0.2, 0.25) is 0 Å². The molecule has 13 heteroatoms. The Kier molecular flexibility index (Phi) is 5.67. The Morgan fingerprint density at radius 1 is 1.12 bits per heavy atom. The van der Waals surface area contributed by atoms with E-state index in [0.29, 0.717) is 11.4 Å². The number of non-ortho nitro benzene ring substituents is 1. The highest BCUT2D eigenvalue weighted by Gasteiger charge is 2.32. The SMILES string of the molecule is Cc1c(C(=O)N2CCN(S(=O)(=O)c3cccnc3)CC2)nnn1-c1cccc([N+](=O)[O-])c1. The minimum absolute atomic E-state index is 0.101. The molecule has 0 atom stereocenters. The number of nitro groups is 1. The third-order valence-corrected chi connectivity index (χ3v) is 7.06. The Morgan fingerprint density at radius 2 is 1.88 bits per heavy atom. The Morgan fingerprint density at radius 3 is 2.53 bits per heavy atom. The normalized spacial score (nSPS) is 15.0. The summed E-state index contributed by atoms with van der Waals surface area (Å²) in [6.45, 7) is 2.32. The van der Waals surface area contributed by atoms with Crippen LogP contribution in [0.25, 0.3) is 5.69 Å². The Bertz CT molecular complexity index is 1270. The summed E-state index contributed by atoms with van der Waals surface area (Å²) in [5.41, 5.74) is 0.854. The van der Waals surface area contributed by atoms with Crippen molar-refractivity contribution in [3.63, 3.8) is 0 Å². The van der Waals surface area contributed by atoms with Crippen molar-refractivity contribution in [1.82, 2.24) is 29.2 Å². The van der Waals surface area contributed by atoms with E-state index in [4.69, 9.17) is 0 Å². The summed E-state index contributed by atoms with van der Waals surface area (Å²) in [6, 6.07) is 8.90. The van der Waals surface area contributed by atoms with Gasteiger partial charge in [0, 0.05) is 50.7 Å². The monoisotopic (exact) mass is 457 g/mol. The number of hydrogen-bond donors (Lipinski definition) is 0. The number of nitro benzene ring substituents is 1. The van der Waals surface area contributed by atoms with Crippen molar-refractivity contribution < 1.29 is 18.1 Å². The standard InChI is InChI=1S/C19H19N7O5S/c1-14-18(21-22-25(14)15-4-2-5-16(12-15)26(28)29)19(27)23-8-10-24(11-9-23)32(30,31)17-6-3-7-20-13-17/h2-7,12-13H,8-11H2,1H3. The number of pyridine rings is 1. The van der Waals surface area contributed by atoms with Gasteiger partial charge in [0.25, 0.3) is 11.6 Å². The second-order valence-electron chi connectivity index (χ2n) is 7.10. The first-order valence-electron chi connectivity index (χ1n) is 9.65. The van der Waals surface area contributed by atoms with Crippen LogP contribution in [0.5, 0.6) is 0 Å². The van der Waals surface area contributed by atoms with Crippen LogP contribution in [0, 0.1) is 17.0 Å². The van der Waals surface area contributed by atoms with Crippen LogP contribution < -0.4 is 0 Å². The van der Waals surface area contributed by atoms with Crippen LogP contribution in [0.15, 0.2) is 53.7 Å². The van der Waals surface area contributed by atoms with Gasteiger partial charge < -0.3 is 4.90 Å². The molecule has 3 heterocycles. The molecule has 0 N–H and O–H groups in total. The number of nitrogens with zero attached hydrogens (tertiary/aromatic N) is 7. The molecule has 12 nitrogen and oxygen atoms in total. The Labute approximate surface area is 183 Å². The second kappa shape index (κ2) is 8.43. The van der Waals surface area contributed by atoms with E-state index in [-0.39, 0.29) is 48.4 Å². The number of benzene rings is 1. The van der Waals surface area contributed by atoms with Crippen LogP contribution in [-0.2, 0) is 10.0 Å². The van der Waals surface area contributed by atoms with E-state index in [2.05, 4.69) is 15.3 Å². The molecule has 1 aliphatic heterocycles. The zero-order valence-corrected chi connectivity index (χ0v) is 17.8. The number of hydrogen-bond acceptors (Lipinski definition) is 8. The summed E-state index contributed by atoms with van der Waals surface area (Å²) < 4.78 is 28.1. The number of carbonyl (C=O) groups is 1.